The van der Waals surface area contributed by atoms with Gasteiger partial charge in [0.05, 0.1) is 0 Å². The summed E-state index contributed by atoms with van der Waals surface area (Å²) in [7, 11) is 0. The molecule has 0 radical (unpaired) electrons. The third-order valence-corrected chi connectivity index (χ3v) is 0.925. The summed E-state index contributed by atoms with van der Waals surface area (Å²) in [5.41, 5.74) is 0. The molecule has 34 valence electrons. The van der Waals surface area contributed by atoms with Crippen LogP contribution in [0.4, 0.5) is 0 Å². The van der Waals surface area contributed by atoms with Gasteiger partial charge in [0, 0.05) is 0 Å². The van der Waals surface area contributed by atoms with Gasteiger partial charge in [-0.1, -0.05) is 0 Å². The maximum atomic E-state index is 5.02. The molecular weight excluding hydrogens is 79.0 g/mol. The van der Waals surface area contributed by atoms with Gasteiger partial charge in [-0.3, -0.25) is 0 Å². The molecule has 0 amide bonds. The number of hydrogen-bond donors (Lipinski definition) is 0. The van der Waals surface area contributed by atoms with Crippen molar-refractivity contribution in [2.24, 2.45) is 0 Å². The van der Waals surface area contributed by atoms with E-state index in [2.05, 4.69) is 23.6 Å². The number of rotatable bonds is 3. The first kappa shape index (κ1) is 7.16. The van der Waals surface area contributed by atoms with Gasteiger partial charge in [0.1, 0.15) is 0 Å². The van der Waals surface area contributed by atoms with Gasteiger partial charge in [-0.15, -0.1) is 0 Å². The van der Waals surface area contributed by atoms with Gasteiger partial charge in [0.15, 0.2) is 0 Å². The second-order valence-corrected chi connectivity index (χ2v) is 1.66. The summed E-state index contributed by atoms with van der Waals surface area (Å²) >= 11 is 2.18. The van der Waals surface area contributed by atoms with E-state index in [1.165, 1.54) is 17.9 Å². The van der Waals surface area contributed by atoms with Crippen molar-refractivity contribution in [1.29, 1.82) is 0 Å². The first-order valence-corrected chi connectivity index (χ1v) is 2.85. The summed E-state index contributed by atoms with van der Waals surface area (Å²) < 4.78 is 0. The molecule has 0 rings (SSSR count). The topological polar surface area (TPSA) is 0 Å². The number of unbranched alkanes of at least 4 members (excludes halogenated alkanes) is 2. The van der Waals surface area contributed by atoms with E-state index >= 15 is 0 Å². The predicted molar refractivity (Wildman–Crippen MR) is 33.2 cm³/mol. The van der Waals surface area contributed by atoms with Crippen LogP contribution in [0.1, 0.15) is 19.3 Å². The summed E-state index contributed by atoms with van der Waals surface area (Å²) in [6.07, 6.45) is 8.45. The van der Waals surface area contributed by atoms with Crippen LogP contribution in [0.15, 0.2) is 0 Å². The van der Waals surface area contributed by atoms with E-state index in [1.54, 1.807) is 0 Å². The van der Waals surface area contributed by atoms with Crippen LogP contribution in [0.5, 0.6) is 0 Å². The van der Waals surface area contributed by atoms with Crippen LogP contribution >= 0.6 is 0 Å². The van der Waals surface area contributed by atoms with Crippen molar-refractivity contribution in [2.45, 2.75) is 24.4 Å². The fraction of sp³-hybridized carbons (Fsp3) is 0.667. The SMILES string of the molecule is [Li][CH2]CCCC#C. The molecule has 0 aliphatic carbocycles. The van der Waals surface area contributed by atoms with Crippen molar-refractivity contribution in [2.75, 3.05) is 0 Å². The van der Waals surface area contributed by atoms with Crippen LogP contribution in [0, 0.1) is 12.3 Å². The van der Waals surface area contributed by atoms with E-state index in [-0.39, 0.29) is 0 Å². The van der Waals surface area contributed by atoms with Crippen LogP contribution in [0.2, 0.25) is 5.09 Å². The molecule has 0 aromatic rings. The Bertz CT molecular complexity index is 61.1. The summed E-state index contributed by atoms with van der Waals surface area (Å²) in [4.78, 5) is 0. The molecule has 0 aliphatic rings. The molecule has 0 aromatic carbocycles. The Morgan fingerprint density at radius 3 is 2.57 bits per heavy atom. The van der Waals surface area contributed by atoms with Crippen molar-refractivity contribution < 1.29 is 0 Å². The Labute approximate surface area is 54.9 Å². The molecule has 0 unspecified atom stereocenters. The fourth-order valence-corrected chi connectivity index (χ4v) is 0.477. The van der Waals surface area contributed by atoms with Crippen molar-refractivity contribution >= 4 is 17.7 Å². The third-order valence-electron chi connectivity index (χ3n) is 0.925. The minimum absolute atomic E-state index is 0.952. The Hall–Kier alpha value is 0.157. The van der Waals surface area contributed by atoms with Crippen molar-refractivity contribution in [3.63, 3.8) is 0 Å². The van der Waals surface area contributed by atoms with Gasteiger partial charge in [-0.2, -0.15) is 0 Å². The average molecular weight is 88.1 g/mol. The average Bonchev–Trinajstić information content (AvgIpc) is 1.69. The molecule has 7 heavy (non-hydrogen) atoms. The molecule has 0 heterocycles. The molecule has 0 bridgehead atoms. The molecule has 1 heteroatoms. The Morgan fingerprint density at radius 2 is 2.14 bits per heavy atom. The molecule has 0 spiro atoms. The van der Waals surface area contributed by atoms with Crippen LogP contribution < -0.4 is 0 Å². The quantitative estimate of drug-likeness (QED) is 0.278. The predicted octanol–water partition coefficient (Wildman–Crippen LogP) is 1.38. The fourth-order valence-electron chi connectivity index (χ4n) is 0.477. The molecule has 0 saturated heterocycles. The molecule has 0 N–H and O–H groups in total. The van der Waals surface area contributed by atoms with Gasteiger partial charge in [0.2, 0.25) is 0 Å². The van der Waals surface area contributed by atoms with Crippen LogP contribution in [0.3, 0.4) is 0 Å². The van der Waals surface area contributed by atoms with Crippen LogP contribution in [0.25, 0.3) is 0 Å². The molecule has 0 saturated carbocycles. The van der Waals surface area contributed by atoms with Gasteiger partial charge in [0.25, 0.3) is 0 Å². The first-order chi connectivity index (χ1) is 3.41. The second-order valence-electron chi connectivity index (χ2n) is 1.66. The van der Waals surface area contributed by atoms with Gasteiger partial charge in [-0.25, -0.2) is 0 Å². The monoisotopic (exact) mass is 88.1 g/mol. The first-order valence-electron chi connectivity index (χ1n) is 2.85. The van der Waals surface area contributed by atoms with E-state index < -0.39 is 0 Å². The standard InChI is InChI=1S/C6H9.Li/c1-3-5-6-4-2;/h1H,2,4-6H2;. The second kappa shape index (κ2) is 6.16. The van der Waals surface area contributed by atoms with Gasteiger partial charge >= 0.3 is 54.4 Å². The Balaban J connectivity index is 2.60. The Kier molecular flexibility index (Phi) is 6.30. The van der Waals surface area contributed by atoms with Crippen molar-refractivity contribution in [1.82, 2.24) is 0 Å². The minimum atomic E-state index is 0.952. The molecule has 0 aromatic heterocycles. The normalized spacial score (nSPS) is 8.14. The van der Waals surface area contributed by atoms with Crippen molar-refractivity contribution in [3.8, 4) is 12.3 Å². The van der Waals surface area contributed by atoms with Crippen LogP contribution in [-0.2, 0) is 0 Å². The summed E-state index contributed by atoms with van der Waals surface area (Å²) in [6, 6.07) is 0. The van der Waals surface area contributed by atoms with Crippen LogP contribution in [-0.4, -0.2) is 17.7 Å². The molecule has 0 atom stereocenters. The summed E-state index contributed by atoms with van der Waals surface area (Å²) in [6.45, 7) is 0. The van der Waals surface area contributed by atoms with E-state index in [9.17, 15) is 0 Å². The number of hydrogen-bond acceptors (Lipinski definition) is 0. The van der Waals surface area contributed by atoms with E-state index in [4.69, 9.17) is 6.42 Å². The summed E-state index contributed by atoms with van der Waals surface area (Å²) in [5.74, 6) is 2.60. The molecule has 0 fully saturated rings. The van der Waals surface area contributed by atoms with Gasteiger partial charge < -0.3 is 0 Å². The van der Waals surface area contributed by atoms with E-state index in [1.807, 2.05) is 0 Å². The third kappa shape index (κ3) is 6.16. The molecule has 0 aliphatic heterocycles. The Morgan fingerprint density at radius 1 is 1.43 bits per heavy atom. The zero-order valence-electron chi connectivity index (χ0n) is 4.91. The van der Waals surface area contributed by atoms with Crippen molar-refractivity contribution in [3.05, 3.63) is 0 Å². The number of terminal acetylenes is 1. The molecule has 0 nitrogen and oxygen atoms in total. The maximum absolute atomic E-state index is 5.02. The zero-order chi connectivity index (χ0) is 5.54. The van der Waals surface area contributed by atoms with E-state index in [0.29, 0.717) is 0 Å². The zero-order valence-corrected chi connectivity index (χ0v) is 4.91. The van der Waals surface area contributed by atoms with E-state index in [0.717, 1.165) is 6.42 Å². The molecular formula is C6H9Li. The van der Waals surface area contributed by atoms with Gasteiger partial charge in [-0.05, 0) is 0 Å². The summed E-state index contributed by atoms with van der Waals surface area (Å²) in [5, 5.41) is 1.27.